The van der Waals surface area contributed by atoms with Crippen LogP contribution in [0, 0.1) is 0 Å². The first-order valence-corrected chi connectivity index (χ1v) is 9.21. The number of amides is 1. The number of rotatable bonds is 7. The van der Waals surface area contributed by atoms with Crippen molar-refractivity contribution in [3.8, 4) is 11.4 Å². The van der Waals surface area contributed by atoms with Gasteiger partial charge in [0.25, 0.3) is 5.91 Å². The molecular formula is C22H25N5O. The molecular weight excluding hydrogens is 350 g/mol. The molecule has 0 aliphatic carbocycles. The summed E-state index contributed by atoms with van der Waals surface area (Å²) in [5.74, 6) is 0.987. The third-order valence-corrected chi connectivity index (χ3v) is 4.31. The normalized spacial score (nSPS) is 10.7. The van der Waals surface area contributed by atoms with E-state index in [4.69, 9.17) is 4.98 Å². The van der Waals surface area contributed by atoms with Gasteiger partial charge in [0.2, 0.25) is 0 Å². The number of carbonyl (C=O) groups is 1. The molecule has 0 fully saturated rings. The molecule has 3 aromatic rings. The van der Waals surface area contributed by atoms with Gasteiger partial charge in [-0.1, -0.05) is 48.5 Å². The fourth-order valence-corrected chi connectivity index (χ4v) is 2.71. The van der Waals surface area contributed by atoms with E-state index in [1.54, 1.807) is 6.07 Å². The van der Waals surface area contributed by atoms with E-state index < -0.39 is 0 Å². The van der Waals surface area contributed by atoms with Crippen LogP contribution in [-0.2, 0) is 0 Å². The van der Waals surface area contributed by atoms with Crippen LogP contribution >= 0.6 is 0 Å². The first kappa shape index (κ1) is 19.5. The summed E-state index contributed by atoms with van der Waals surface area (Å²) in [6.07, 6.45) is 0. The molecule has 0 saturated carbocycles. The number of aromatic nitrogens is 2. The molecule has 1 amide bonds. The van der Waals surface area contributed by atoms with Crippen molar-refractivity contribution in [2.75, 3.05) is 39.1 Å². The Labute approximate surface area is 165 Å². The Morgan fingerprint density at radius 3 is 2.21 bits per heavy atom. The van der Waals surface area contributed by atoms with Gasteiger partial charge >= 0.3 is 0 Å². The van der Waals surface area contributed by atoms with Crippen molar-refractivity contribution in [2.45, 2.75) is 0 Å². The molecule has 28 heavy (non-hydrogen) atoms. The minimum absolute atomic E-state index is 0.204. The Hall–Kier alpha value is -3.25. The summed E-state index contributed by atoms with van der Waals surface area (Å²) in [6.45, 7) is 1.32. The second-order valence-corrected chi connectivity index (χ2v) is 6.75. The molecule has 144 valence electrons. The van der Waals surface area contributed by atoms with Crippen LogP contribution in [0.3, 0.4) is 0 Å². The molecule has 0 saturated heterocycles. The Morgan fingerprint density at radius 1 is 0.929 bits per heavy atom. The monoisotopic (exact) mass is 375 g/mol. The SMILES string of the molecule is CN(C)CCNC(=O)c1cc(N(C)c2ccccc2)nc(-c2ccccc2)n1. The number of carbonyl (C=O) groups excluding carboxylic acids is 1. The minimum atomic E-state index is -0.204. The highest BCUT2D eigenvalue weighted by Crippen LogP contribution is 2.25. The van der Waals surface area contributed by atoms with E-state index in [1.165, 1.54) is 0 Å². The Morgan fingerprint density at radius 2 is 1.57 bits per heavy atom. The summed E-state index contributed by atoms with van der Waals surface area (Å²) in [7, 11) is 5.87. The van der Waals surface area contributed by atoms with Crippen molar-refractivity contribution in [2.24, 2.45) is 0 Å². The number of anilines is 2. The van der Waals surface area contributed by atoms with Gasteiger partial charge in [-0.15, -0.1) is 0 Å². The number of hydrogen-bond donors (Lipinski definition) is 1. The molecule has 0 spiro atoms. The summed E-state index contributed by atoms with van der Waals surface area (Å²) in [5, 5.41) is 2.93. The molecule has 0 bridgehead atoms. The van der Waals surface area contributed by atoms with Crippen molar-refractivity contribution >= 4 is 17.4 Å². The van der Waals surface area contributed by atoms with Crippen molar-refractivity contribution in [3.63, 3.8) is 0 Å². The predicted molar refractivity (Wildman–Crippen MR) is 113 cm³/mol. The smallest absolute Gasteiger partial charge is 0.270 e. The Balaban J connectivity index is 1.96. The molecule has 0 atom stereocenters. The second kappa shape index (κ2) is 9.10. The molecule has 2 aromatic carbocycles. The Kier molecular flexibility index (Phi) is 6.34. The van der Waals surface area contributed by atoms with Crippen LogP contribution < -0.4 is 10.2 Å². The van der Waals surface area contributed by atoms with E-state index in [1.807, 2.05) is 91.6 Å². The lowest BCUT2D eigenvalue weighted by Crippen LogP contribution is -2.32. The van der Waals surface area contributed by atoms with E-state index in [0.29, 0.717) is 23.9 Å². The standard InChI is InChI=1S/C22H25N5O/c1-26(2)15-14-23-22(28)19-16-20(27(3)18-12-8-5-9-13-18)25-21(24-19)17-10-6-4-7-11-17/h4-13,16H,14-15H2,1-3H3,(H,23,28). The molecule has 0 unspecified atom stereocenters. The molecule has 1 heterocycles. The van der Waals surface area contributed by atoms with Crippen LogP contribution in [0.15, 0.2) is 66.7 Å². The van der Waals surface area contributed by atoms with Crippen molar-refractivity contribution < 1.29 is 4.79 Å². The summed E-state index contributed by atoms with van der Waals surface area (Å²) in [6, 6.07) is 21.3. The lowest BCUT2D eigenvalue weighted by molar-refractivity contribution is 0.0946. The third-order valence-electron chi connectivity index (χ3n) is 4.31. The first-order chi connectivity index (χ1) is 13.5. The maximum atomic E-state index is 12.7. The number of nitrogens with one attached hydrogen (secondary N) is 1. The highest BCUT2D eigenvalue weighted by molar-refractivity contribution is 5.93. The van der Waals surface area contributed by atoms with E-state index in [2.05, 4.69) is 10.3 Å². The summed E-state index contributed by atoms with van der Waals surface area (Å²) >= 11 is 0. The van der Waals surface area contributed by atoms with Gasteiger partial charge < -0.3 is 15.1 Å². The summed E-state index contributed by atoms with van der Waals surface area (Å²) in [4.78, 5) is 25.9. The Bertz CT molecular complexity index is 913. The second-order valence-electron chi connectivity index (χ2n) is 6.75. The van der Waals surface area contributed by atoms with Gasteiger partial charge in [0.15, 0.2) is 5.82 Å². The number of hydrogen-bond acceptors (Lipinski definition) is 5. The maximum absolute atomic E-state index is 12.7. The van der Waals surface area contributed by atoms with E-state index in [9.17, 15) is 4.79 Å². The highest BCUT2D eigenvalue weighted by Gasteiger charge is 2.15. The van der Waals surface area contributed by atoms with Crippen molar-refractivity contribution in [3.05, 3.63) is 72.4 Å². The zero-order valence-corrected chi connectivity index (χ0v) is 16.5. The van der Waals surface area contributed by atoms with Crippen molar-refractivity contribution in [1.29, 1.82) is 0 Å². The minimum Gasteiger partial charge on any atom is -0.349 e. The van der Waals surface area contributed by atoms with Crippen LogP contribution in [0.2, 0.25) is 0 Å². The average Bonchev–Trinajstić information content (AvgIpc) is 2.73. The van der Waals surface area contributed by atoms with Crippen LogP contribution in [0.1, 0.15) is 10.5 Å². The average molecular weight is 375 g/mol. The number of nitrogens with zero attached hydrogens (tertiary/aromatic N) is 4. The quantitative estimate of drug-likeness (QED) is 0.687. The molecule has 1 N–H and O–H groups in total. The van der Waals surface area contributed by atoms with Gasteiger partial charge in [0.1, 0.15) is 11.5 Å². The third kappa shape index (κ3) is 4.92. The maximum Gasteiger partial charge on any atom is 0.270 e. The lowest BCUT2D eigenvalue weighted by Gasteiger charge is -2.20. The molecule has 0 radical (unpaired) electrons. The first-order valence-electron chi connectivity index (χ1n) is 9.21. The fourth-order valence-electron chi connectivity index (χ4n) is 2.71. The zero-order chi connectivity index (χ0) is 19.9. The molecule has 6 nitrogen and oxygen atoms in total. The topological polar surface area (TPSA) is 61.4 Å². The lowest BCUT2D eigenvalue weighted by atomic mass is 10.2. The zero-order valence-electron chi connectivity index (χ0n) is 16.5. The van der Waals surface area contributed by atoms with E-state index >= 15 is 0 Å². The summed E-state index contributed by atoms with van der Waals surface area (Å²) in [5.41, 5.74) is 2.21. The van der Waals surface area contributed by atoms with Crippen molar-refractivity contribution in [1.82, 2.24) is 20.2 Å². The molecule has 6 heteroatoms. The van der Waals surface area contributed by atoms with Crippen LogP contribution in [-0.4, -0.2) is 55.0 Å². The predicted octanol–water partition coefficient (Wildman–Crippen LogP) is 3.20. The van der Waals surface area contributed by atoms with E-state index in [0.717, 1.165) is 17.8 Å². The molecule has 0 aliphatic rings. The number of para-hydroxylation sites is 1. The fraction of sp³-hybridized carbons (Fsp3) is 0.227. The summed E-state index contributed by atoms with van der Waals surface area (Å²) < 4.78 is 0. The molecule has 1 aromatic heterocycles. The van der Waals surface area contributed by atoms with Gasteiger partial charge in [-0.3, -0.25) is 4.79 Å². The van der Waals surface area contributed by atoms with Gasteiger partial charge in [-0.2, -0.15) is 0 Å². The molecule has 3 rings (SSSR count). The largest absolute Gasteiger partial charge is 0.349 e. The van der Waals surface area contributed by atoms with Gasteiger partial charge in [-0.05, 0) is 26.2 Å². The van der Waals surface area contributed by atoms with E-state index in [-0.39, 0.29) is 5.91 Å². The van der Waals surface area contributed by atoms with Crippen LogP contribution in [0.4, 0.5) is 11.5 Å². The van der Waals surface area contributed by atoms with Gasteiger partial charge in [0, 0.05) is 37.5 Å². The van der Waals surface area contributed by atoms with Crippen LogP contribution in [0.25, 0.3) is 11.4 Å². The number of likely N-dealkylation sites (N-methyl/N-ethyl adjacent to an activating group) is 1. The molecule has 0 aliphatic heterocycles. The van der Waals surface area contributed by atoms with Crippen LogP contribution in [0.5, 0.6) is 0 Å². The van der Waals surface area contributed by atoms with Gasteiger partial charge in [0.05, 0.1) is 0 Å². The number of benzene rings is 2. The highest BCUT2D eigenvalue weighted by atomic mass is 16.1. The van der Waals surface area contributed by atoms with Gasteiger partial charge in [-0.25, -0.2) is 9.97 Å².